The summed E-state index contributed by atoms with van der Waals surface area (Å²) in [5, 5.41) is 11.2. The molecule has 2 N–H and O–H groups in total. The van der Waals surface area contributed by atoms with Crippen molar-refractivity contribution in [2.24, 2.45) is 5.73 Å². The molecular formula is C9H9ClN2O2. The van der Waals surface area contributed by atoms with E-state index in [-0.39, 0.29) is 17.6 Å². The van der Waals surface area contributed by atoms with Crippen LogP contribution in [0, 0.1) is 10.1 Å². The average molecular weight is 213 g/mol. The maximum Gasteiger partial charge on any atom is 0.274 e. The minimum absolute atomic E-state index is 0.0219. The number of hydrogen-bond donors (Lipinski definition) is 1. The van der Waals surface area contributed by atoms with Gasteiger partial charge in [-0.3, -0.25) is 10.1 Å². The van der Waals surface area contributed by atoms with Gasteiger partial charge in [-0.05, 0) is 12.5 Å². The second-order valence-corrected chi connectivity index (χ2v) is 3.84. The molecule has 0 aromatic heterocycles. The first kappa shape index (κ1) is 9.43. The second kappa shape index (κ2) is 3.22. The van der Waals surface area contributed by atoms with Gasteiger partial charge in [-0.1, -0.05) is 17.7 Å². The molecular weight excluding hydrogens is 204 g/mol. The van der Waals surface area contributed by atoms with Crippen LogP contribution in [0.4, 0.5) is 5.69 Å². The Bertz CT molecular complexity index is 394. The molecule has 1 aromatic rings. The Balaban J connectivity index is 2.49. The fourth-order valence-electron chi connectivity index (χ4n) is 1.60. The Labute approximate surface area is 85.8 Å². The summed E-state index contributed by atoms with van der Waals surface area (Å²) in [5.74, 6) is 0.0594. The first-order chi connectivity index (χ1) is 6.61. The SMILES string of the molecule is NC1CC1c1c(Cl)cccc1[N+](=O)[O-]. The molecule has 0 bridgehead atoms. The number of nitro groups is 1. The van der Waals surface area contributed by atoms with Crippen LogP contribution in [0.15, 0.2) is 18.2 Å². The van der Waals surface area contributed by atoms with Gasteiger partial charge < -0.3 is 5.73 Å². The van der Waals surface area contributed by atoms with Crippen LogP contribution in [0.25, 0.3) is 0 Å². The first-order valence-electron chi connectivity index (χ1n) is 4.29. The van der Waals surface area contributed by atoms with E-state index in [0.717, 1.165) is 6.42 Å². The molecule has 0 aliphatic heterocycles. The van der Waals surface area contributed by atoms with Crippen LogP contribution in [0.5, 0.6) is 0 Å². The Morgan fingerprint density at radius 1 is 1.57 bits per heavy atom. The van der Waals surface area contributed by atoms with Crippen LogP contribution in [0.2, 0.25) is 5.02 Å². The smallest absolute Gasteiger partial charge is 0.274 e. The van der Waals surface area contributed by atoms with Crippen LogP contribution in [-0.4, -0.2) is 11.0 Å². The number of nitrogens with two attached hydrogens (primary N) is 1. The summed E-state index contributed by atoms with van der Waals surface area (Å²) in [7, 11) is 0. The molecule has 2 unspecified atom stereocenters. The van der Waals surface area contributed by atoms with Crippen molar-refractivity contribution < 1.29 is 4.92 Å². The van der Waals surface area contributed by atoms with Gasteiger partial charge in [0.25, 0.3) is 5.69 Å². The Morgan fingerprint density at radius 3 is 2.71 bits per heavy atom. The van der Waals surface area contributed by atoms with E-state index in [2.05, 4.69) is 0 Å². The summed E-state index contributed by atoms with van der Waals surface area (Å²) in [5.41, 5.74) is 6.32. The lowest BCUT2D eigenvalue weighted by Gasteiger charge is -2.03. The van der Waals surface area contributed by atoms with Gasteiger partial charge in [0.1, 0.15) is 0 Å². The lowest BCUT2D eigenvalue weighted by molar-refractivity contribution is -0.385. The summed E-state index contributed by atoms with van der Waals surface area (Å²) in [6.07, 6.45) is 0.782. The molecule has 0 saturated heterocycles. The predicted octanol–water partition coefficient (Wildman–Crippen LogP) is 2.06. The molecule has 1 aliphatic rings. The fraction of sp³-hybridized carbons (Fsp3) is 0.333. The molecule has 0 heterocycles. The van der Waals surface area contributed by atoms with E-state index in [1.807, 2.05) is 0 Å². The highest BCUT2D eigenvalue weighted by Crippen LogP contribution is 2.46. The molecule has 1 saturated carbocycles. The van der Waals surface area contributed by atoms with E-state index in [1.54, 1.807) is 12.1 Å². The number of halogens is 1. The fourth-order valence-corrected chi connectivity index (χ4v) is 1.91. The zero-order valence-electron chi connectivity index (χ0n) is 7.31. The van der Waals surface area contributed by atoms with Crippen molar-refractivity contribution in [1.29, 1.82) is 0 Å². The molecule has 2 rings (SSSR count). The summed E-state index contributed by atoms with van der Waals surface area (Å²) >= 11 is 5.91. The Kier molecular flexibility index (Phi) is 2.17. The molecule has 2 atom stereocenters. The third-order valence-corrected chi connectivity index (χ3v) is 2.77. The highest BCUT2D eigenvalue weighted by Gasteiger charge is 2.40. The maximum absolute atomic E-state index is 10.7. The van der Waals surface area contributed by atoms with E-state index in [9.17, 15) is 10.1 Å². The standard InChI is InChI=1S/C9H9ClN2O2/c10-6-2-1-3-8(12(13)14)9(6)5-4-7(5)11/h1-3,5,7H,4,11H2. The van der Waals surface area contributed by atoms with E-state index >= 15 is 0 Å². The summed E-state index contributed by atoms with van der Waals surface area (Å²) < 4.78 is 0. The average Bonchev–Trinajstić information content (AvgIpc) is 2.81. The highest BCUT2D eigenvalue weighted by molar-refractivity contribution is 6.31. The Morgan fingerprint density at radius 2 is 2.21 bits per heavy atom. The quantitative estimate of drug-likeness (QED) is 0.603. The number of hydrogen-bond acceptors (Lipinski definition) is 3. The summed E-state index contributed by atoms with van der Waals surface area (Å²) in [4.78, 5) is 10.3. The van der Waals surface area contributed by atoms with E-state index in [1.165, 1.54) is 6.07 Å². The molecule has 14 heavy (non-hydrogen) atoms. The van der Waals surface area contributed by atoms with Gasteiger partial charge in [0.15, 0.2) is 0 Å². The van der Waals surface area contributed by atoms with Gasteiger partial charge in [0, 0.05) is 18.0 Å². The molecule has 4 nitrogen and oxygen atoms in total. The molecule has 74 valence electrons. The van der Waals surface area contributed by atoms with E-state index < -0.39 is 4.92 Å². The number of benzene rings is 1. The zero-order chi connectivity index (χ0) is 10.3. The normalized spacial score (nSPS) is 24.7. The third kappa shape index (κ3) is 1.47. The third-order valence-electron chi connectivity index (χ3n) is 2.44. The van der Waals surface area contributed by atoms with Crippen molar-refractivity contribution in [3.05, 3.63) is 38.9 Å². The highest BCUT2D eigenvalue weighted by atomic mass is 35.5. The second-order valence-electron chi connectivity index (χ2n) is 3.44. The predicted molar refractivity (Wildman–Crippen MR) is 53.4 cm³/mol. The van der Waals surface area contributed by atoms with Gasteiger partial charge in [-0.2, -0.15) is 0 Å². The van der Waals surface area contributed by atoms with E-state index in [0.29, 0.717) is 10.6 Å². The number of rotatable bonds is 2. The van der Waals surface area contributed by atoms with Crippen LogP contribution < -0.4 is 5.73 Å². The summed E-state index contributed by atoms with van der Waals surface area (Å²) in [6.45, 7) is 0. The van der Waals surface area contributed by atoms with Crippen LogP contribution in [-0.2, 0) is 0 Å². The van der Waals surface area contributed by atoms with Gasteiger partial charge in [0.2, 0.25) is 0 Å². The van der Waals surface area contributed by atoms with Crippen LogP contribution in [0.3, 0.4) is 0 Å². The molecule has 1 aliphatic carbocycles. The minimum Gasteiger partial charge on any atom is -0.327 e. The molecule has 1 aromatic carbocycles. The van der Waals surface area contributed by atoms with E-state index in [4.69, 9.17) is 17.3 Å². The van der Waals surface area contributed by atoms with Gasteiger partial charge in [0.05, 0.1) is 15.5 Å². The van der Waals surface area contributed by atoms with Crippen molar-refractivity contribution >= 4 is 17.3 Å². The molecule has 0 spiro atoms. The monoisotopic (exact) mass is 212 g/mol. The molecule has 0 radical (unpaired) electrons. The lowest BCUT2D eigenvalue weighted by atomic mass is 10.1. The van der Waals surface area contributed by atoms with Crippen molar-refractivity contribution in [3.8, 4) is 0 Å². The van der Waals surface area contributed by atoms with Crippen molar-refractivity contribution in [3.63, 3.8) is 0 Å². The Hall–Kier alpha value is -1.13. The zero-order valence-corrected chi connectivity index (χ0v) is 8.07. The van der Waals surface area contributed by atoms with Crippen molar-refractivity contribution in [1.82, 2.24) is 0 Å². The van der Waals surface area contributed by atoms with Gasteiger partial charge >= 0.3 is 0 Å². The van der Waals surface area contributed by atoms with Crippen molar-refractivity contribution in [2.75, 3.05) is 0 Å². The summed E-state index contributed by atoms with van der Waals surface area (Å²) in [6, 6.07) is 4.73. The largest absolute Gasteiger partial charge is 0.327 e. The van der Waals surface area contributed by atoms with Crippen molar-refractivity contribution in [2.45, 2.75) is 18.4 Å². The lowest BCUT2D eigenvalue weighted by Crippen LogP contribution is -2.03. The van der Waals surface area contributed by atoms with Crippen LogP contribution in [0.1, 0.15) is 17.9 Å². The maximum atomic E-state index is 10.7. The molecule has 5 heteroatoms. The van der Waals surface area contributed by atoms with Crippen LogP contribution >= 0.6 is 11.6 Å². The van der Waals surface area contributed by atoms with Gasteiger partial charge in [-0.25, -0.2) is 0 Å². The van der Waals surface area contributed by atoms with Gasteiger partial charge in [-0.15, -0.1) is 0 Å². The first-order valence-corrected chi connectivity index (χ1v) is 4.67. The topological polar surface area (TPSA) is 69.2 Å². The number of nitro benzene ring substituents is 1. The molecule has 1 fully saturated rings. The molecule has 0 amide bonds. The minimum atomic E-state index is -0.410. The number of nitrogens with zero attached hydrogens (tertiary/aromatic N) is 1.